The summed E-state index contributed by atoms with van der Waals surface area (Å²) in [5.74, 6) is 0. The minimum absolute atomic E-state index is 0.288. The van der Waals surface area contributed by atoms with Crippen molar-refractivity contribution in [2.75, 3.05) is 19.7 Å². The molecule has 2 rings (SSSR count). The van der Waals surface area contributed by atoms with E-state index < -0.39 is 0 Å². The fourth-order valence-electron chi connectivity index (χ4n) is 2.28. The number of hydrogen-bond donors (Lipinski definition) is 0. The Balaban J connectivity index is 1.96. The van der Waals surface area contributed by atoms with Gasteiger partial charge in [-0.1, -0.05) is 37.3 Å². The van der Waals surface area contributed by atoms with Crippen molar-refractivity contribution in [3.8, 4) is 0 Å². The molecule has 1 aliphatic rings. The van der Waals surface area contributed by atoms with E-state index in [0.29, 0.717) is 0 Å². The second-order valence-corrected chi connectivity index (χ2v) is 4.40. The van der Waals surface area contributed by atoms with Crippen molar-refractivity contribution >= 4 is 0 Å². The van der Waals surface area contributed by atoms with E-state index in [0.717, 1.165) is 19.6 Å². The summed E-state index contributed by atoms with van der Waals surface area (Å²) in [4.78, 5) is 2.47. The van der Waals surface area contributed by atoms with Crippen LogP contribution in [0, 0.1) is 0 Å². The van der Waals surface area contributed by atoms with E-state index in [1.807, 2.05) is 0 Å². The first-order valence-corrected chi connectivity index (χ1v) is 6.29. The van der Waals surface area contributed by atoms with Gasteiger partial charge in [0.2, 0.25) is 0 Å². The molecule has 0 saturated carbocycles. The van der Waals surface area contributed by atoms with Crippen LogP contribution in [0.2, 0.25) is 0 Å². The summed E-state index contributed by atoms with van der Waals surface area (Å²) in [7, 11) is 0. The van der Waals surface area contributed by atoms with Gasteiger partial charge in [-0.05, 0) is 18.4 Å². The van der Waals surface area contributed by atoms with E-state index in [9.17, 15) is 0 Å². The smallest absolute Gasteiger partial charge is 0.114 e. The highest BCUT2D eigenvalue weighted by atomic mass is 16.5. The molecule has 0 amide bonds. The molecule has 16 heavy (non-hydrogen) atoms. The Morgan fingerprint density at radius 2 is 2.12 bits per heavy atom. The van der Waals surface area contributed by atoms with Crippen LogP contribution >= 0.6 is 0 Å². The maximum Gasteiger partial charge on any atom is 0.114 e. The molecule has 1 fully saturated rings. The second-order valence-electron chi connectivity index (χ2n) is 4.40. The third-order valence-corrected chi connectivity index (χ3v) is 3.07. The Labute approximate surface area is 98.2 Å². The van der Waals surface area contributed by atoms with Crippen LogP contribution in [0.1, 0.15) is 25.3 Å². The van der Waals surface area contributed by atoms with E-state index in [4.69, 9.17) is 4.74 Å². The van der Waals surface area contributed by atoms with Crippen molar-refractivity contribution in [1.82, 2.24) is 4.90 Å². The SMILES string of the molecule is CCCN1CCCOC1Cc1ccccc1. The third kappa shape index (κ3) is 3.06. The zero-order valence-corrected chi connectivity index (χ0v) is 10.1. The molecule has 0 radical (unpaired) electrons. The largest absolute Gasteiger partial charge is 0.363 e. The average Bonchev–Trinajstić information content (AvgIpc) is 2.33. The summed E-state index contributed by atoms with van der Waals surface area (Å²) < 4.78 is 5.87. The van der Waals surface area contributed by atoms with Gasteiger partial charge >= 0.3 is 0 Å². The van der Waals surface area contributed by atoms with Crippen LogP contribution < -0.4 is 0 Å². The van der Waals surface area contributed by atoms with Crippen molar-refractivity contribution in [3.05, 3.63) is 35.9 Å². The molecule has 1 aromatic carbocycles. The maximum absolute atomic E-state index is 5.87. The Bertz CT molecular complexity index is 297. The highest BCUT2D eigenvalue weighted by molar-refractivity contribution is 5.15. The van der Waals surface area contributed by atoms with Crippen molar-refractivity contribution in [3.63, 3.8) is 0 Å². The number of benzene rings is 1. The maximum atomic E-state index is 5.87. The molecule has 0 N–H and O–H groups in total. The minimum Gasteiger partial charge on any atom is -0.363 e. The second kappa shape index (κ2) is 6.02. The number of rotatable bonds is 4. The van der Waals surface area contributed by atoms with Gasteiger partial charge < -0.3 is 4.74 Å². The molecule has 0 bridgehead atoms. The van der Waals surface area contributed by atoms with Gasteiger partial charge in [0.05, 0.1) is 0 Å². The van der Waals surface area contributed by atoms with E-state index in [2.05, 4.69) is 42.2 Å². The number of ether oxygens (including phenoxy) is 1. The average molecular weight is 219 g/mol. The minimum atomic E-state index is 0.288. The van der Waals surface area contributed by atoms with Gasteiger partial charge in [-0.25, -0.2) is 0 Å². The molecule has 1 unspecified atom stereocenters. The quantitative estimate of drug-likeness (QED) is 0.772. The summed E-state index contributed by atoms with van der Waals surface area (Å²) in [6, 6.07) is 10.6. The fraction of sp³-hybridized carbons (Fsp3) is 0.571. The van der Waals surface area contributed by atoms with E-state index >= 15 is 0 Å². The summed E-state index contributed by atoms with van der Waals surface area (Å²) in [6.45, 7) is 5.48. The van der Waals surface area contributed by atoms with Gasteiger partial charge in [0.25, 0.3) is 0 Å². The molecular weight excluding hydrogens is 198 g/mol. The molecular formula is C14H21NO. The van der Waals surface area contributed by atoms with Crippen LogP contribution in [-0.4, -0.2) is 30.8 Å². The summed E-state index contributed by atoms with van der Waals surface area (Å²) in [5, 5.41) is 0. The Morgan fingerprint density at radius 1 is 1.31 bits per heavy atom. The van der Waals surface area contributed by atoms with Gasteiger partial charge in [-0.3, -0.25) is 4.90 Å². The Kier molecular flexibility index (Phi) is 4.37. The Hall–Kier alpha value is -0.860. The van der Waals surface area contributed by atoms with Crippen molar-refractivity contribution in [2.45, 2.75) is 32.4 Å². The lowest BCUT2D eigenvalue weighted by Gasteiger charge is -2.35. The lowest BCUT2D eigenvalue weighted by Crippen LogP contribution is -2.44. The first kappa shape index (κ1) is 11.6. The summed E-state index contributed by atoms with van der Waals surface area (Å²) in [6.07, 6.45) is 3.68. The van der Waals surface area contributed by atoms with Crippen LogP contribution in [0.3, 0.4) is 0 Å². The molecule has 1 aliphatic heterocycles. The molecule has 1 atom stereocenters. The highest BCUT2D eigenvalue weighted by Crippen LogP contribution is 2.15. The predicted molar refractivity (Wildman–Crippen MR) is 66.4 cm³/mol. The molecule has 1 heterocycles. The molecule has 1 saturated heterocycles. The fourth-order valence-corrected chi connectivity index (χ4v) is 2.28. The van der Waals surface area contributed by atoms with Crippen LogP contribution in [0.5, 0.6) is 0 Å². The molecule has 2 heteroatoms. The van der Waals surface area contributed by atoms with Crippen molar-refractivity contribution in [1.29, 1.82) is 0 Å². The highest BCUT2D eigenvalue weighted by Gasteiger charge is 2.22. The first-order chi connectivity index (χ1) is 7.90. The topological polar surface area (TPSA) is 12.5 Å². The molecule has 0 spiro atoms. The van der Waals surface area contributed by atoms with E-state index in [-0.39, 0.29) is 6.23 Å². The molecule has 2 nitrogen and oxygen atoms in total. The lowest BCUT2D eigenvalue weighted by atomic mass is 10.1. The standard InChI is InChI=1S/C14H21NO/c1-2-9-15-10-6-11-16-14(15)12-13-7-4-3-5-8-13/h3-5,7-8,14H,2,6,9-12H2,1H3. The first-order valence-electron chi connectivity index (χ1n) is 6.29. The molecule has 88 valence electrons. The predicted octanol–water partition coefficient (Wildman–Crippen LogP) is 2.69. The van der Waals surface area contributed by atoms with E-state index in [1.165, 1.54) is 24.9 Å². The van der Waals surface area contributed by atoms with Crippen LogP contribution in [0.4, 0.5) is 0 Å². The van der Waals surface area contributed by atoms with Gasteiger partial charge in [-0.15, -0.1) is 0 Å². The molecule has 1 aromatic rings. The van der Waals surface area contributed by atoms with Crippen LogP contribution in [0.15, 0.2) is 30.3 Å². The third-order valence-electron chi connectivity index (χ3n) is 3.07. The summed E-state index contributed by atoms with van der Waals surface area (Å²) in [5.41, 5.74) is 1.37. The zero-order chi connectivity index (χ0) is 11.2. The van der Waals surface area contributed by atoms with Crippen molar-refractivity contribution < 1.29 is 4.74 Å². The zero-order valence-electron chi connectivity index (χ0n) is 10.1. The van der Waals surface area contributed by atoms with Crippen LogP contribution in [0.25, 0.3) is 0 Å². The number of nitrogens with zero attached hydrogens (tertiary/aromatic N) is 1. The van der Waals surface area contributed by atoms with Gasteiger partial charge in [0.1, 0.15) is 6.23 Å². The van der Waals surface area contributed by atoms with Crippen LogP contribution in [-0.2, 0) is 11.2 Å². The summed E-state index contributed by atoms with van der Waals surface area (Å²) >= 11 is 0. The normalized spacial score (nSPS) is 22.2. The van der Waals surface area contributed by atoms with Gasteiger partial charge in [0.15, 0.2) is 0 Å². The molecule has 0 aliphatic carbocycles. The van der Waals surface area contributed by atoms with E-state index in [1.54, 1.807) is 0 Å². The monoisotopic (exact) mass is 219 g/mol. The van der Waals surface area contributed by atoms with Gasteiger partial charge in [-0.2, -0.15) is 0 Å². The Morgan fingerprint density at radius 3 is 2.88 bits per heavy atom. The van der Waals surface area contributed by atoms with Gasteiger partial charge in [0, 0.05) is 26.1 Å². The van der Waals surface area contributed by atoms with Crippen molar-refractivity contribution in [2.24, 2.45) is 0 Å². The molecule has 0 aromatic heterocycles. The number of hydrogen-bond acceptors (Lipinski definition) is 2. The lowest BCUT2D eigenvalue weighted by molar-refractivity contribution is -0.0937.